The van der Waals surface area contributed by atoms with Crippen molar-refractivity contribution in [1.29, 1.82) is 0 Å². The van der Waals surface area contributed by atoms with Crippen molar-refractivity contribution in [1.82, 2.24) is 10.3 Å². The molecule has 4 heteroatoms. The van der Waals surface area contributed by atoms with Crippen LogP contribution in [0.1, 0.15) is 15.9 Å². The Labute approximate surface area is 98.9 Å². The van der Waals surface area contributed by atoms with Gasteiger partial charge in [-0.2, -0.15) is 0 Å². The van der Waals surface area contributed by atoms with E-state index in [0.29, 0.717) is 12.1 Å². The highest BCUT2D eigenvalue weighted by Crippen LogP contribution is 2.09. The van der Waals surface area contributed by atoms with Crippen LogP contribution < -0.4 is 5.32 Å². The number of nitrogens with one attached hydrogen (secondary N) is 1. The molecule has 2 N–H and O–H groups in total. The number of benzene rings is 1. The van der Waals surface area contributed by atoms with Crippen LogP contribution in [0.5, 0.6) is 5.75 Å². The van der Waals surface area contributed by atoms with Crippen molar-refractivity contribution in [2.24, 2.45) is 0 Å². The highest BCUT2D eigenvalue weighted by Gasteiger charge is 2.04. The topological polar surface area (TPSA) is 62.2 Å². The first-order valence-corrected chi connectivity index (χ1v) is 5.22. The first-order chi connectivity index (χ1) is 8.25. The molecule has 0 aliphatic rings. The van der Waals surface area contributed by atoms with Crippen LogP contribution >= 0.6 is 0 Å². The predicted octanol–water partition coefficient (Wildman–Crippen LogP) is 1.72. The SMILES string of the molecule is O=C(NCc1ccncc1)c1ccc(O)cc1. The minimum Gasteiger partial charge on any atom is -0.508 e. The molecule has 0 radical (unpaired) electrons. The minimum absolute atomic E-state index is 0.149. The summed E-state index contributed by atoms with van der Waals surface area (Å²) in [6.07, 6.45) is 3.37. The van der Waals surface area contributed by atoms with Crippen molar-refractivity contribution in [3.05, 3.63) is 59.9 Å². The second kappa shape index (κ2) is 5.12. The van der Waals surface area contributed by atoms with Gasteiger partial charge in [0, 0.05) is 24.5 Å². The number of rotatable bonds is 3. The second-order valence-electron chi connectivity index (χ2n) is 3.59. The summed E-state index contributed by atoms with van der Waals surface area (Å²) in [5.41, 5.74) is 1.52. The van der Waals surface area contributed by atoms with E-state index in [9.17, 15) is 4.79 Å². The average molecular weight is 228 g/mol. The van der Waals surface area contributed by atoms with E-state index in [0.717, 1.165) is 5.56 Å². The van der Waals surface area contributed by atoms with Gasteiger partial charge in [-0.15, -0.1) is 0 Å². The van der Waals surface area contributed by atoms with Crippen molar-refractivity contribution in [3.63, 3.8) is 0 Å². The summed E-state index contributed by atoms with van der Waals surface area (Å²) in [7, 11) is 0. The second-order valence-corrected chi connectivity index (χ2v) is 3.59. The van der Waals surface area contributed by atoms with E-state index in [1.807, 2.05) is 12.1 Å². The summed E-state index contributed by atoms with van der Waals surface area (Å²) < 4.78 is 0. The van der Waals surface area contributed by atoms with Crippen molar-refractivity contribution in [3.8, 4) is 5.75 Å². The molecule has 0 aliphatic heterocycles. The third-order valence-corrected chi connectivity index (χ3v) is 2.33. The monoisotopic (exact) mass is 228 g/mol. The maximum Gasteiger partial charge on any atom is 0.251 e. The van der Waals surface area contributed by atoms with Crippen molar-refractivity contribution < 1.29 is 9.90 Å². The fourth-order valence-electron chi connectivity index (χ4n) is 1.40. The van der Waals surface area contributed by atoms with Crippen molar-refractivity contribution >= 4 is 5.91 Å². The Morgan fingerprint density at radius 3 is 2.41 bits per heavy atom. The molecule has 0 fully saturated rings. The van der Waals surface area contributed by atoms with Gasteiger partial charge in [0.2, 0.25) is 0 Å². The molecule has 1 aromatic heterocycles. The van der Waals surface area contributed by atoms with E-state index in [2.05, 4.69) is 10.3 Å². The summed E-state index contributed by atoms with van der Waals surface area (Å²) >= 11 is 0. The zero-order valence-electron chi connectivity index (χ0n) is 9.13. The number of carbonyl (C=O) groups excluding carboxylic acids is 1. The van der Waals surface area contributed by atoms with Gasteiger partial charge in [-0.05, 0) is 42.0 Å². The largest absolute Gasteiger partial charge is 0.508 e. The fraction of sp³-hybridized carbons (Fsp3) is 0.0769. The molecule has 0 saturated carbocycles. The molecule has 0 unspecified atom stereocenters. The molecule has 0 bridgehead atoms. The maximum atomic E-state index is 11.7. The fourth-order valence-corrected chi connectivity index (χ4v) is 1.40. The van der Waals surface area contributed by atoms with Crippen LogP contribution in [0, 0.1) is 0 Å². The summed E-state index contributed by atoms with van der Waals surface area (Å²) in [5.74, 6) is -0.0162. The quantitative estimate of drug-likeness (QED) is 0.840. The molecule has 1 aromatic carbocycles. The van der Waals surface area contributed by atoms with Crippen LogP contribution in [-0.4, -0.2) is 16.0 Å². The summed E-state index contributed by atoms with van der Waals surface area (Å²) in [5, 5.41) is 11.9. The lowest BCUT2D eigenvalue weighted by Gasteiger charge is -2.05. The van der Waals surface area contributed by atoms with Gasteiger partial charge < -0.3 is 10.4 Å². The highest BCUT2D eigenvalue weighted by molar-refractivity contribution is 5.94. The predicted molar refractivity (Wildman–Crippen MR) is 63.5 cm³/mol. The number of nitrogens with zero attached hydrogens (tertiary/aromatic N) is 1. The smallest absolute Gasteiger partial charge is 0.251 e. The third-order valence-electron chi connectivity index (χ3n) is 2.33. The molecule has 1 amide bonds. The molecule has 17 heavy (non-hydrogen) atoms. The van der Waals surface area contributed by atoms with Crippen molar-refractivity contribution in [2.75, 3.05) is 0 Å². The first kappa shape index (κ1) is 11.1. The van der Waals surface area contributed by atoms with Gasteiger partial charge in [0.25, 0.3) is 5.91 Å². The van der Waals surface area contributed by atoms with Gasteiger partial charge in [-0.3, -0.25) is 9.78 Å². The van der Waals surface area contributed by atoms with Crippen LogP contribution in [0.3, 0.4) is 0 Å². The van der Waals surface area contributed by atoms with Crippen molar-refractivity contribution in [2.45, 2.75) is 6.54 Å². The van der Waals surface area contributed by atoms with Crippen LogP contribution in [-0.2, 0) is 6.54 Å². The van der Waals surface area contributed by atoms with Gasteiger partial charge in [-0.25, -0.2) is 0 Å². The molecular weight excluding hydrogens is 216 g/mol. The Morgan fingerprint density at radius 2 is 1.76 bits per heavy atom. The van der Waals surface area contributed by atoms with Crippen LogP contribution in [0.15, 0.2) is 48.8 Å². The number of hydrogen-bond donors (Lipinski definition) is 2. The van der Waals surface area contributed by atoms with Gasteiger partial charge in [0.05, 0.1) is 0 Å². The molecule has 1 heterocycles. The lowest BCUT2D eigenvalue weighted by atomic mass is 10.2. The van der Waals surface area contributed by atoms with Gasteiger partial charge >= 0.3 is 0 Å². The van der Waals surface area contributed by atoms with E-state index >= 15 is 0 Å². The van der Waals surface area contributed by atoms with E-state index in [1.165, 1.54) is 12.1 Å². The minimum atomic E-state index is -0.165. The number of amides is 1. The summed E-state index contributed by atoms with van der Waals surface area (Å²) in [4.78, 5) is 15.6. The van der Waals surface area contributed by atoms with E-state index < -0.39 is 0 Å². The van der Waals surface area contributed by atoms with E-state index in [-0.39, 0.29) is 11.7 Å². The molecule has 86 valence electrons. The number of phenolic OH excluding ortho intramolecular Hbond substituents is 1. The number of phenols is 1. The molecule has 0 saturated heterocycles. The maximum absolute atomic E-state index is 11.7. The van der Waals surface area contributed by atoms with E-state index in [4.69, 9.17) is 5.11 Å². The van der Waals surface area contributed by atoms with Gasteiger partial charge in [-0.1, -0.05) is 0 Å². The molecule has 2 aromatic rings. The molecule has 2 rings (SSSR count). The molecule has 4 nitrogen and oxygen atoms in total. The summed E-state index contributed by atoms with van der Waals surface area (Å²) in [6, 6.07) is 9.82. The molecular formula is C13H12N2O2. The number of aromatic hydroxyl groups is 1. The molecule has 0 spiro atoms. The zero-order chi connectivity index (χ0) is 12.1. The van der Waals surface area contributed by atoms with Crippen LogP contribution in [0.25, 0.3) is 0 Å². The summed E-state index contributed by atoms with van der Waals surface area (Å²) in [6.45, 7) is 0.461. The number of aromatic nitrogens is 1. The third kappa shape index (κ3) is 3.04. The Morgan fingerprint density at radius 1 is 1.12 bits per heavy atom. The van der Waals surface area contributed by atoms with E-state index in [1.54, 1.807) is 24.5 Å². The standard InChI is InChI=1S/C13H12N2O2/c16-12-3-1-11(2-4-12)13(17)15-9-10-5-7-14-8-6-10/h1-8,16H,9H2,(H,15,17). The lowest BCUT2D eigenvalue weighted by molar-refractivity contribution is 0.0951. The number of pyridine rings is 1. The first-order valence-electron chi connectivity index (χ1n) is 5.22. The number of carbonyl (C=O) groups is 1. The van der Waals surface area contributed by atoms with Crippen LogP contribution in [0.2, 0.25) is 0 Å². The normalized spacial score (nSPS) is 9.88. The molecule has 0 atom stereocenters. The Bertz CT molecular complexity index is 495. The lowest BCUT2D eigenvalue weighted by Crippen LogP contribution is -2.22. The Balaban J connectivity index is 1.96. The highest BCUT2D eigenvalue weighted by atomic mass is 16.3. The number of hydrogen-bond acceptors (Lipinski definition) is 3. The van der Waals surface area contributed by atoms with Gasteiger partial charge in [0.1, 0.15) is 5.75 Å². The van der Waals surface area contributed by atoms with Gasteiger partial charge in [0.15, 0.2) is 0 Å². The Kier molecular flexibility index (Phi) is 3.35. The average Bonchev–Trinajstić information content (AvgIpc) is 2.38. The molecule has 0 aliphatic carbocycles. The Hall–Kier alpha value is -2.36. The van der Waals surface area contributed by atoms with Crippen LogP contribution in [0.4, 0.5) is 0 Å². The zero-order valence-corrected chi connectivity index (χ0v) is 9.13.